The summed E-state index contributed by atoms with van der Waals surface area (Å²) < 4.78 is 5.61. The average Bonchev–Trinajstić information content (AvgIpc) is 2.43. The van der Waals surface area contributed by atoms with Gasteiger partial charge in [0, 0.05) is 12.8 Å². The van der Waals surface area contributed by atoms with Crippen LogP contribution in [0.25, 0.3) is 0 Å². The largest absolute Gasteiger partial charge is 0.508 e. The molecule has 3 nitrogen and oxygen atoms in total. The van der Waals surface area contributed by atoms with Gasteiger partial charge in [-0.15, -0.1) is 0 Å². The van der Waals surface area contributed by atoms with E-state index in [1.54, 1.807) is 6.08 Å². The minimum atomic E-state index is -0.589. The highest BCUT2D eigenvalue weighted by Crippen LogP contribution is 2.22. The van der Waals surface area contributed by atoms with E-state index in [0.717, 1.165) is 37.2 Å². The Balaban J connectivity index is 1.94. The molecule has 0 saturated carbocycles. The number of aliphatic hydroxyl groups is 2. The van der Waals surface area contributed by atoms with E-state index < -0.39 is 6.10 Å². The number of rotatable bonds is 5. The van der Waals surface area contributed by atoms with Crippen molar-refractivity contribution in [2.24, 2.45) is 0 Å². The molecule has 0 radical (unpaired) electrons. The summed E-state index contributed by atoms with van der Waals surface area (Å²) >= 11 is 0. The van der Waals surface area contributed by atoms with Gasteiger partial charge >= 0.3 is 0 Å². The van der Waals surface area contributed by atoms with Crippen LogP contribution >= 0.6 is 0 Å². The van der Waals surface area contributed by atoms with Crippen LogP contribution in [0.5, 0.6) is 0 Å². The monoisotopic (exact) mass is 274 g/mol. The van der Waals surface area contributed by atoms with Crippen molar-refractivity contribution < 1.29 is 14.9 Å². The Hall–Kier alpha value is -1.74. The Morgan fingerprint density at radius 3 is 2.70 bits per heavy atom. The molecule has 0 fully saturated rings. The summed E-state index contributed by atoms with van der Waals surface area (Å²) in [5.41, 5.74) is 2.17. The van der Waals surface area contributed by atoms with Gasteiger partial charge in [-0.2, -0.15) is 0 Å². The second-order valence-electron chi connectivity index (χ2n) is 5.14. The van der Waals surface area contributed by atoms with Crippen molar-refractivity contribution >= 4 is 0 Å². The van der Waals surface area contributed by atoms with E-state index in [0.29, 0.717) is 6.42 Å². The highest BCUT2D eigenvalue weighted by Gasteiger charge is 2.10. The molecule has 0 aromatic rings. The lowest BCUT2D eigenvalue weighted by Crippen LogP contribution is -2.08. The van der Waals surface area contributed by atoms with Crippen molar-refractivity contribution in [1.82, 2.24) is 0 Å². The molecule has 3 heteroatoms. The van der Waals surface area contributed by atoms with Crippen molar-refractivity contribution in [2.75, 3.05) is 6.61 Å². The SMILES string of the molecule is CCCOC1=CC=C(/C=C/C2=CC(O)=CC(O)C2)CC1. The van der Waals surface area contributed by atoms with Gasteiger partial charge in [-0.05, 0) is 42.2 Å². The number of hydrogen-bond donors (Lipinski definition) is 2. The summed E-state index contributed by atoms with van der Waals surface area (Å²) in [6, 6.07) is 0. The Bertz CT molecular complexity index is 492. The lowest BCUT2D eigenvalue weighted by molar-refractivity contribution is 0.202. The third-order valence-electron chi connectivity index (χ3n) is 3.29. The van der Waals surface area contributed by atoms with Gasteiger partial charge in [-0.25, -0.2) is 0 Å². The van der Waals surface area contributed by atoms with Gasteiger partial charge in [-0.3, -0.25) is 0 Å². The van der Waals surface area contributed by atoms with Crippen LogP contribution in [-0.2, 0) is 4.74 Å². The van der Waals surface area contributed by atoms with Crippen LogP contribution in [0.4, 0.5) is 0 Å². The van der Waals surface area contributed by atoms with Gasteiger partial charge in [0.2, 0.25) is 0 Å². The van der Waals surface area contributed by atoms with Crippen molar-refractivity contribution in [2.45, 2.75) is 38.7 Å². The van der Waals surface area contributed by atoms with Crippen LogP contribution in [0.15, 0.2) is 59.1 Å². The quantitative estimate of drug-likeness (QED) is 0.803. The average molecular weight is 274 g/mol. The van der Waals surface area contributed by atoms with Crippen LogP contribution in [0.2, 0.25) is 0 Å². The predicted molar refractivity (Wildman–Crippen MR) is 80.2 cm³/mol. The molecular weight excluding hydrogens is 252 g/mol. The van der Waals surface area contributed by atoms with E-state index in [-0.39, 0.29) is 5.76 Å². The second-order valence-corrected chi connectivity index (χ2v) is 5.14. The zero-order valence-electron chi connectivity index (χ0n) is 11.9. The van der Waals surface area contributed by atoms with E-state index in [1.807, 2.05) is 18.2 Å². The third kappa shape index (κ3) is 4.42. The molecule has 2 aliphatic rings. The molecule has 2 rings (SSSR count). The fraction of sp³-hybridized carbons (Fsp3) is 0.412. The Morgan fingerprint density at radius 2 is 2.05 bits per heavy atom. The Kier molecular flexibility index (Phi) is 5.24. The highest BCUT2D eigenvalue weighted by atomic mass is 16.5. The van der Waals surface area contributed by atoms with Crippen LogP contribution in [-0.4, -0.2) is 22.9 Å². The maximum Gasteiger partial charge on any atom is 0.114 e. The van der Waals surface area contributed by atoms with Crippen molar-refractivity contribution in [3.05, 3.63) is 59.1 Å². The standard InChI is InChI=1S/C17H22O3/c1-2-9-20-17-7-5-13(6-8-17)3-4-14-10-15(18)12-16(19)11-14/h3-5,7,10,12,16,18-19H,2,6,8-9,11H2,1H3/b4-3+. The lowest BCUT2D eigenvalue weighted by Gasteiger charge is -2.15. The topological polar surface area (TPSA) is 49.7 Å². The first-order valence-corrected chi connectivity index (χ1v) is 7.17. The maximum atomic E-state index is 9.55. The summed E-state index contributed by atoms with van der Waals surface area (Å²) in [5, 5.41) is 19.0. The zero-order chi connectivity index (χ0) is 14.4. The van der Waals surface area contributed by atoms with Gasteiger partial charge in [0.05, 0.1) is 18.5 Å². The predicted octanol–water partition coefficient (Wildman–Crippen LogP) is 3.71. The molecule has 1 atom stereocenters. The van der Waals surface area contributed by atoms with E-state index in [1.165, 1.54) is 11.6 Å². The number of ether oxygens (including phenoxy) is 1. The van der Waals surface area contributed by atoms with E-state index in [2.05, 4.69) is 13.0 Å². The molecule has 0 spiro atoms. The van der Waals surface area contributed by atoms with Gasteiger partial charge in [0.1, 0.15) is 5.76 Å². The number of allylic oxidation sites excluding steroid dienone is 7. The van der Waals surface area contributed by atoms with Crippen LogP contribution in [0.3, 0.4) is 0 Å². The first kappa shape index (κ1) is 14.7. The van der Waals surface area contributed by atoms with E-state index >= 15 is 0 Å². The van der Waals surface area contributed by atoms with Crippen LogP contribution in [0, 0.1) is 0 Å². The first-order valence-electron chi connectivity index (χ1n) is 7.17. The van der Waals surface area contributed by atoms with Gasteiger partial charge in [-0.1, -0.05) is 25.2 Å². The Labute approximate surface area is 120 Å². The fourth-order valence-corrected chi connectivity index (χ4v) is 2.25. The minimum Gasteiger partial charge on any atom is -0.508 e. The zero-order valence-corrected chi connectivity index (χ0v) is 11.9. The van der Waals surface area contributed by atoms with E-state index in [9.17, 15) is 10.2 Å². The molecule has 20 heavy (non-hydrogen) atoms. The molecule has 2 aliphatic carbocycles. The molecule has 1 unspecified atom stereocenters. The van der Waals surface area contributed by atoms with Gasteiger partial charge in [0.25, 0.3) is 0 Å². The number of hydrogen-bond acceptors (Lipinski definition) is 3. The smallest absolute Gasteiger partial charge is 0.114 e. The molecule has 108 valence electrons. The minimum absolute atomic E-state index is 0.135. The highest BCUT2D eigenvalue weighted by molar-refractivity contribution is 5.37. The van der Waals surface area contributed by atoms with E-state index in [4.69, 9.17) is 4.74 Å². The summed E-state index contributed by atoms with van der Waals surface area (Å²) in [6.07, 6.45) is 14.1. The van der Waals surface area contributed by atoms with Gasteiger partial charge < -0.3 is 14.9 Å². The third-order valence-corrected chi connectivity index (χ3v) is 3.29. The number of aliphatic hydroxyl groups excluding tert-OH is 2. The lowest BCUT2D eigenvalue weighted by atomic mass is 9.98. The van der Waals surface area contributed by atoms with Crippen molar-refractivity contribution in [1.29, 1.82) is 0 Å². The second kappa shape index (κ2) is 7.15. The molecule has 0 saturated heterocycles. The molecule has 0 aliphatic heterocycles. The summed E-state index contributed by atoms with van der Waals surface area (Å²) in [7, 11) is 0. The molecule has 0 aromatic carbocycles. The summed E-state index contributed by atoms with van der Waals surface area (Å²) in [4.78, 5) is 0. The normalized spacial score (nSPS) is 23.0. The summed E-state index contributed by atoms with van der Waals surface area (Å²) in [5.74, 6) is 1.19. The molecule has 0 bridgehead atoms. The molecule has 0 heterocycles. The fourth-order valence-electron chi connectivity index (χ4n) is 2.25. The van der Waals surface area contributed by atoms with Crippen molar-refractivity contribution in [3.63, 3.8) is 0 Å². The van der Waals surface area contributed by atoms with Crippen molar-refractivity contribution in [3.8, 4) is 0 Å². The van der Waals surface area contributed by atoms with Gasteiger partial charge in [0.15, 0.2) is 0 Å². The summed E-state index contributed by atoms with van der Waals surface area (Å²) in [6.45, 7) is 2.88. The van der Waals surface area contributed by atoms with Crippen LogP contribution < -0.4 is 0 Å². The maximum absolute atomic E-state index is 9.55. The molecular formula is C17H22O3. The molecule has 0 amide bonds. The first-order chi connectivity index (χ1) is 9.67. The Morgan fingerprint density at radius 1 is 1.25 bits per heavy atom. The van der Waals surface area contributed by atoms with Crippen LogP contribution in [0.1, 0.15) is 32.6 Å². The molecule has 0 aromatic heterocycles. The molecule has 2 N–H and O–H groups in total.